The number of benzene rings is 2. The smallest absolute Gasteiger partial charge is 0.187 e. The van der Waals surface area contributed by atoms with Crippen molar-refractivity contribution in [1.82, 2.24) is 24.3 Å². The van der Waals surface area contributed by atoms with Gasteiger partial charge in [-0.3, -0.25) is 4.98 Å². The van der Waals surface area contributed by atoms with E-state index in [1.807, 2.05) is 48.1 Å². The molecule has 0 spiro atoms. The van der Waals surface area contributed by atoms with Crippen LogP contribution in [0.5, 0.6) is 11.5 Å². The first-order valence-electron chi connectivity index (χ1n) is 14.8. The quantitative estimate of drug-likeness (QED) is 0.171. The van der Waals surface area contributed by atoms with Gasteiger partial charge in [-0.1, -0.05) is 30.3 Å². The number of aromatic nitrogens is 3. The lowest BCUT2D eigenvalue weighted by Gasteiger charge is -2.33. The Kier molecular flexibility index (Phi) is 11.2. The minimum Gasteiger partial charge on any atom is -0.490 e. The molecule has 3 heterocycles. The van der Waals surface area contributed by atoms with Crippen molar-refractivity contribution >= 4 is 45.6 Å². The van der Waals surface area contributed by atoms with Crippen LogP contribution in [0.4, 0.5) is 11.4 Å². The summed E-state index contributed by atoms with van der Waals surface area (Å²) in [4.78, 5) is 14.8. The van der Waals surface area contributed by atoms with Gasteiger partial charge < -0.3 is 33.9 Å². The van der Waals surface area contributed by atoms with Crippen LogP contribution in [0.15, 0.2) is 59.0 Å². The fraction of sp³-hybridized carbons (Fsp3) is 0.406. The molecule has 0 bridgehead atoms. The molecule has 1 aliphatic rings. The fourth-order valence-electron chi connectivity index (χ4n) is 5.07. The summed E-state index contributed by atoms with van der Waals surface area (Å²) in [5.41, 5.74) is 2.36. The number of ether oxygens (including phenoxy) is 3. The van der Waals surface area contributed by atoms with E-state index in [9.17, 15) is 5.26 Å². The predicted octanol–water partition coefficient (Wildman–Crippen LogP) is 5.82. The molecule has 44 heavy (non-hydrogen) atoms. The minimum absolute atomic E-state index is 0.336. The number of nitrogens with zero attached hydrogens (tertiary/aromatic N) is 6. The van der Waals surface area contributed by atoms with Gasteiger partial charge in [0, 0.05) is 81.4 Å². The number of imidazole rings is 1. The average Bonchev–Trinajstić information content (AvgIpc) is 3.45. The maximum Gasteiger partial charge on any atom is 0.187 e. The van der Waals surface area contributed by atoms with Gasteiger partial charge in [0.1, 0.15) is 18.2 Å². The second kappa shape index (κ2) is 15.5. The van der Waals surface area contributed by atoms with Gasteiger partial charge in [0.2, 0.25) is 0 Å². The van der Waals surface area contributed by atoms with Crippen LogP contribution in [0.1, 0.15) is 18.9 Å². The molecule has 5 rings (SSSR count). The predicted molar refractivity (Wildman–Crippen MR) is 175 cm³/mol. The summed E-state index contributed by atoms with van der Waals surface area (Å²) < 4.78 is 19.6. The van der Waals surface area contributed by atoms with Crippen molar-refractivity contribution in [2.24, 2.45) is 7.05 Å². The Morgan fingerprint density at radius 2 is 1.86 bits per heavy atom. The van der Waals surface area contributed by atoms with Gasteiger partial charge in [-0.05, 0) is 43.3 Å². The number of pyridine rings is 1. The van der Waals surface area contributed by atoms with Gasteiger partial charge in [0.15, 0.2) is 16.7 Å². The third-order valence-corrected chi connectivity index (χ3v) is 9.16. The van der Waals surface area contributed by atoms with Crippen LogP contribution in [0, 0.1) is 11.3 Å². The molecule has 2 aromatic heterocycles. The largest absolute Gasteiger partial charge is 0.490 e. The van der Waals surface area contributed by atoms with E-state index in [-0.39, 0.29) is 0 Å². The lowest BCUT2D eigenvalue weighted by Crippen LogP contribution is -2.46. The summed E-state index contributed by atoms with van der Waals surface area (Å²) in [6.07, 6.45) is 6.11. The monoisotopic (exact) mass is 635 g/mol. The molecular formula is C32H38ClN7O3S. The molecule has 1 aliphatic heterocycles. The molecule has 232 valence electrons. The standard InChI is InChI=1S/C32H38ClN7O3S/c1-4-39-13-15-40(16-14-39)11-5-17-42-27-8-7-25-29(23(21-34)22-36-30(25)31(27)43-19-18-41-3)37-24-6-9-28(26(33)20-24)44-32-35-10-12-38(32)2/h6-10,12,20,22H,4-5,11,13-19H2,1-3H3,(H,36,37). The van der Waals surface area contributed by atoms with E-state index in [0.29, 0.717) is 53.1 Å². The molecule has 1 N–H and O–H groups in total. The van der Waals surface area contributed by atoms with Crippen LogP contribution in [0.2, 0.25) is 5.02 Å². The molecule has 0 unspecified atom stereocenters. The topological polar surface area (TPSA) is 101 Å². The van der Waals surface area contributed by atoms with Gasteiger partial charge in [-0.25, -0.2) is 4.98 Å². The molecule has 12 heteroatoms. The van der Waals surface area contributed by atoms with Gasteiger partial charge in [-0.2, -0.15) is 5.26 Å². The molecular weight excluding hydrogens is 598 g/mol. The number of piperazine rings is 1. The lowest BCUT2D eigenvalue weighted by molar-refractivity contribution is 0.129. The molecule has 1 saturated heterocycles. The Morgan fingerprint density at radius 3 is 2.57 bits per heavy atom. The van der Waals surface area contributed by atoms with Gasteiger partial charge in [0.25, 0.3) is 0 Å². The van der Waals surface area contributed by atoms with E-state index in [4.69, 9.17) is 25.8 Å². The summed E-state index contributed by atoms with van der Waals surface area (Å²) >= 11 is 8.16. The molecule has 0 radical (unpaired) electrons. The molecule has 2 aromatic carbocycles. The number of fused-ring (bicyclic) bond motifs is 1. The number of halogens is 1. The summed E-state index contributed by atoms with van der Waals surface area (Å²) in [6.45, 7) is 10.0. The Hall–Kier alpha value is -3.53. The fourth-order valence-corrected chi connectivity index (χ4v) is 6.18. The molecule has 4 aromatic rings. The molecule has 0 amide bonds. The first kappa shape index (κ1) is 31.9. The van der Waals surface area contributed by atoms with E-state index in [2.05, 4.69) is 38.1 Å². The Bertz CT molecular complexity index is 1600. The van der Waals surface area contributed by atoms with Crippen molar-refractivity contribution in [3.8, 4) is 17.6 Å². The number of anilines is 2. The number of aryl methyl sites for hydroxylation is 1. The number of hydrogen-bond acceptors (Lipinski definition) is 10. The van der Waals surface area contributed by atoms with Gasteiger partial charge in [0.05, 0.1) is 29.5 Å². The second-order valence-electron chi connectivity index (χ2n) is 10.5. The highest BCUT2D eigenvalue weighted by Crippen LogP contribution is 2.40. The highest BCUT2D eigenvalue weighted by atomic mass is 35.5. The number of nitrogens with one attached hydrogen (secondary N) is 1. The Labute approximate surface area is 267 Å². The Morgan fingerprint density at radius 1 is 1.05 bits per heavy atom. The number of hydrogen-bond donors (Lipinski definition) is 1. The molecule has 0 saturated carbocycles. The van der Waals surface area contributed by atoms with Crippen LogP contribution < -0.4 is 14.8 Å². The molecule has 0 aliphatic carbocycles. The van der Waals surface area contributed by atoms with Gasteiger partial charge in [-0.15, -0.1) is 0 Å². The average molecular weight is 636 g/mol. The third-order valence-electron chi connectivity index (χ3n) is 7.58. The number of nitriles is 1. The van der Waals surface area contributed by atoms with Crippen LogP contribution in [-0.2, 0) is 11.8 Å². The number of likely N-dealkylation sites (N-methyl/N-ethyl adjacent to an activating group) is 1. The van der Waals surface area contributed by atoms with Crippen molar-refractivity contribution < 1.29 is 14.2 Å². The van der Waals surface area contributed by atoms with Crippen molar-refractivity contribution in [3.05, 3.63) is 59.5 Å². The third kappa shape index (κ3) is 7.75. The maximum absolute atomic E-state index is 9.95. The molecule has 0 atom stereocenters. The zero-order chi connectivity index (χ0) is 30.9. The van der Waals surface area contributed by atoms with E-state index < -0.39 is 0 Å². The van der Waals surface area contributed by atoms with Crippen LogP contribution in [0.3, 0.4) is 0 Å². The highest BCUT2D eigenvalue weighted by molar-refractivity contribution is 7.99. The number of rotatable bonds is 14. The van der Waals surface area contributed by atoms with Crippen LogP contribution in [-0.4, -0.2) is 90.5 Å². The summed E-state index contributed by atoms with van der Waals surface area (Å²) in [7, 11) is 3.57. The van der Waals surface area contributed by atoms with Crippen molar-refractivity contribution in [2.75, 3.05) is 71.5 Å². The first-order chi connectivity index (χ1) is 21.5. The highest BCUT2D eigenvalue weighted by Gasteiger charge is 2.19. The van der Waals surface area contributed by atoms with E-state index in [1.54, 1.807) is 19.5 Å². The molecule has 1 fully saturated rings. The van der Waals surface area contributed by atoms with E-state index in [1.165, 1.54) is 11.8 Å². The summed E-state index contributed by atoms with van der Waals surface area (Å²) in [6, 6.07) is 11.8. The lowest BCUT2D eigenvalue weighted by atomic mass is 10.1. The first-order valence-corrected chi connectivity index (χ1v) is 16.0. The van der Waals surface area contributed by atoms with Gasteiger partial charge >= 0.3 is 0 Å². The normalized spacial score (nSPS) is 14.1. The zero-order valence-electron chi connectivity index (χ0n) is 25.4. The van der Waals surface area contributed by atoms with Crippen molar-refractivity contribution in [2.45, 2.75) is 23.4 Å². The molecule has 10 nitrogen and oxygen atoms in total. The zero-order valence-corrected chi connectivity index (χ0v) is 27.0. The Balaban J connectivity index is 1.35. The van der Waals surface area contributed by atoms with E-state index in [0.717, 1.165) is 66.8 Å². The SMILES string of the molecule is CCN1CCN(CCCOc2ccc3c(Nc4ccc(Sc5nccn5C)c(Cl)c4)c(C#N)cnc3c2OCCOC)CC1. The summed E-state index contributed by atoms with van der Waals surface area (Å²) in [5.74, 6) is 1.15. The minimum atomic E-state index is 0.336. The second-order valence-corrected chi connectivity index (χ2v) is 11.9. The van der Waals surface area contributed by atoms with Crippen molar-refractivity contribution in [3.63, 3.8) is 0 Å². The van der Waals surface area contributed by atoms with Crippen LogP contribution in [0.25, 0.3) is 10.9 Å². The summed E-state index contributed by atoms with van der Waals surface area (Å²) in [5, 5.41) is 15.5. The van der Waals surface area contributed by atoms with Crippen molar-refractivity contribution in [1.29, 1.82) is 5.26 Å². The maximum atomic E-state index is 9.95. The van der Waals surface area contributed by atoms with Crippen LogP contribution >= 0.6 is 23.4 Å². The van der Waals surface area contributed by atoms with E-state index >= 15 is 0 Å². The number of methoxy groups -OCH3 is 1.